The second-order valence-corrected chi connectivity index (χ2v) is 7.84. The minimum absolute atomic E-state index is 0.168. The topological polar surface area (TPSA) is 54.9 Å². The zero-order valence-corrected chi connectivity index (χ0v) is 16.4. The molecule has 0 radical (unpaired) electrons. The Morgan fingerprint density at radius 1 is 1.33 bits per heavy atom. The van der Waals surface area contributed by atoms with Gasteiger partial charge in [0.25, 0.3) is 5.91 Å². The number of rotatable bonds is 5. The molecule has 27 heavy (non-hydrogen) atoms. The van der Waals surface area contributed by atoms with Gasteiger partial charge in [0.05, 0.1) is 12.8 Å². The van der Waals surface area contributed by atoms with Crippen molar-refractivity contribution in [1.29, 1.82) is 0 Å². The summed E-state index contributed by atoms with van der Waals surface area (Å²) >= 11 is 1.66. The third-order valence-corrected chi connectivity index (χ3v) is 6.08. The molecule has 1 aromatic carbocycles. The van der Waals surface area contributed by atoms with Gasteiger partial charge in [-0.25, -0.2) is 4.98 Å². The van der Waals surface area contributed by atoms with Gasteiger partial charge in [-0.2, -0.15) is 0 Å². The minimum Gasteiger partial charge on any atom is -0.497 e. The van der Waals surface area contributed by atoms with Crippen LogP contribution in [-0.4, -0.2) is 66.7 Å². The first-order valence-corrected chi connectivity index (χ1v) is 10.3. The molecule has 1 aromatic heterocycles. The molecular formula is C20H25N3O3S. The number of carbonyl (C=O) groups is 1. The number of nitrogens with zero attached hydrogens (tertiary/aromatic N) is 3. The van der Waals surface area contributed by atoms with Crippen LogP contribution in [0.3, 0.4) is 0 Å². The molecule has 4 rings (SSSR count). The van der Waals surface area contributed by atoms with E-state index in [0.29, 0.717) is 0 Å². The van der Waals surface area contributed by atoms with Crippen molar-refractivity contribution in [2.45, 2.75) is 25.5 Å². The summed E-state index contributed by atoms with van der Waals surface area (Å²) in [5, 5.41) is 3.13. The number of piperazine rings is 1. The van der Waals surface area contributed by atoms with E-state index in [0.717, 1.165) is 74.2 Å². The third kappa shape index (κ3) is 4.31. The van der Waals surface area contributed by atoms with Crippen LogP contribution in [0.2, 0.25) is 0 Å². The number of hydrogen-bond donors (Lipinski definition) is 0. The SMILES string of the molecule is COc1cccc(-c2nc(CN3CCN(C(=O)C4CCCO4)CC3)cs2)c1. The van der Waals surface area contributed by atoms with Crippen molar-refractivity contribution in [1.82, 2.24) is 14.8 Å². The highest BCUT2D eigenvalue weighted by Crippen LogP contribution is 2.27. The lowest BCUT2D eigenvalue weighted by Crippen LogP contribution is -2.51. The molecule has 2 aliphatic heterocycles. The standard InChI is InChI=1S/C20H25N3O3S/c1-25-17-5-2-4-15(12-17)19-21-16(14-27-19)13-22-7-9-23(10-8-22)20(24)18-6-3-11-26-18/h2,4-5,12,14,18H,3,6-11,13H2,1H3. The van der Waals surface area contributed by atoms with Gasteiger partial charge in [-0.15, -0.1) is 11.3 Å². The Labute approximate surface area is 163 Å². The predicted octanol–water partition coefficient (Wildman–Crippen LogP) is 2.64. The van der Waals surface area contributed by atoms with Crippen LogP contribution < -0.4 is 4.74 Å². The highest BCUT2D eigenvalue weighted by molar-refractivity contribution is 7.13. The molecule has 2 aromatic rings. The van der Waals surface area contributed by atoms with Gasteiger partial charge in [0.2, 0.25) is 0 Å². The maximum Gasteiger partial charge on any atom is 0.251 e. The van der Waals surface area contributed by atoms with Crippen molar-refractivity contribution in [3.63, 3.8) is 0 Å². The zero-order chi connectivity index (χ0) is 18.6. The minimum atomic E-state index is -0.208. The Kier molecular flexibility index (Phi) is 5.71. The molecule has 0 aliphatic carbocycles. The van der Waals surface area contributed by atoms with Crippen molar-refractivity contribution < 1.29 is 14.3 Å². The molecule has 2 aliphatic rings. The third-order valence-electron chi connectivity index (χ3n) is 5.14. The Balaban J connectivity index is 1.32. The summed E-state index contributed by atoms with van der Waals surface area (Å²) in [7, 11) is 1.68. The van der Waals surface area contributed by atoms with E-state index in [2.05, 4.69) is 16.3 Å². The van der Waals surface area contributed by atoms with Crippen LogP contribution in [0, 0.1) is 0 Å². The largest absolute Gasteiger partial charge is 0.497 e. The number of ether oxygens (including phenoxy) is 2. The molecule has 7 heteroatoms. The van der Waals surface area contributed by atoms with E-state index in [1.165, 1.54) is 0 Å². The molecule has 1 atom stereocenters. The first kappa shape index (κ1) is 18.4. The van der Waals surface area contributed by atoms with Gasteiger partial charge >= 0.3 is 0 Å². The van der Waals surface area contributed by atoms with Crippen LogP contribution in [0.1, 0.15) is 18.5 Å². The Morgan fingerprint density at radius 2 is 2.19 bits per heavy atom. The van der Waals surface area contributed by atoms with Crippen LogP contribution in [0.15, 0.2) is 29.6 Å². The van der Waals surface area contributed by atoms with Gasteiger partial charge in [0.1, 0.15) is 16.9 Å². The average Bonchev–Trinajstić information content (AvgIpc) is 3.40. The molecule has 1 unspecified atom stereocenters. The fraction of sp³-hybridized carbons (Fsp3) is 0.500. The summed E-state index contributed by atoms with van der Waals surface area (Å²) < 4.78 is 10.8. The zero-order valence-electron chi connectivity index (χ0n) is 15.6. The van der Waals surface area contributed by atoms with E-state index in [9.17, 15) is 4.79 Å². The van der Waals surface area contributed by atoms with Crippen molar-refractivity contribution in [2.24, 2.45) is 0 Å². The quantitative estimate of drug-likeness (QED) is 0.789. The molecule has 2 saturated heterocycles. The number of benzene rings is 1. The van der Waals surface area contributed by atoms with Gasteiger partial charge in [0, 0.05) is 50.3 Å². The van der Waals surface area contributed by atoms with Crippen LogP contribution in [0.25, 0.3) is 10.6 Å². The highest BCUT2D eigenvalue weighted by Gasteiger charge is 2.30. The summed E-state index contributed by atoms with van der Waals surface area (Å²) in [5.41, 5.74) is 2.16. The average molecular weight is 388 g/mol. The van der Waals surface area contributed by atoms with Crippen LogP contribution >= 0.6 is 11.3 Å². The molecule has 1 amide bonds. The molecule has 0 bridgehead atoms. The van der Waals surface area contributed by atoms with E-state index in [4.69, 9.17) is 14.5 Å². The Morgan fingerprint density at radius 3 is 2.93 bits per heavy atom. The molecule has 144 valence electrons. The normalized spacial score (nSPS) is 20.8. The van der Waals surface area contributed by atoms with E-state index < -0.39 is 0 Å². The van der Waals surface area contributed by atoms with Crippen LogP contribution in [0.5, 0.6) is 5.75 Å². The van der Waals surface area contributed by atoms with E-state index in [-0.39, 0.29) is 12.0 Å². The van der Waals surface area contributed by atoms with Gasteiger partial charge < -0.3 is 14.4 Å². The monoisotopic (exact) mass is 387 g/mol. The fourth-order valence-corrected chi connectivity index (χ4v) is 4.41. The summed E-state index contributed by atoms with van der Waals surface area (Å²) in [6.07, 6.45) is 1.65. The molecule has 3 heterocycles. The first-order chi connectivity index (χ1) is 13.2. The summed E-state index contributed by atoms with van der Waals surface area (Å²) in [5.74, 6) is 1.01. The van der Waals surface area contributed by atoms with Crippen molar-refractivity contribution >= 4 is 17.2 Å². The fourth-order valence-electron chi connectivity index (χ4n) is 3.60. The van der Waals surface area contributed by atoms with Crippen molar-refractivity contribution in [3.05, 3.63) is 35.3 Å². The van der Waals surface area contributed by atoms with E-state index in [1.807, 2.05) is 23.1 Å². The summed E-state index contributed by atoms with van der Waals surface area (Å²) in [4.78, 5) is 21.5. The second-order valence-electron chi connectivity index (χ2n) is 6.98. The number of carbonyl (C=O) groups excluding carboxylic acids is 1. The van der Waals surface area contributed by atoms with Crippen molar-refractivity contribution in [3.8, 4) is 16.3 Å². The summed E-state index contributed by atoms with van der Waals surface area (Å²) in [6, 6.07) is 7.99. The number of aromatic nitrogens is 1. The second kappa shape index (κ2) is 8.37. The van der Waals surface area contributed by atoms with Crippen LogP contribution in [-0.2, 0) is 16.1 Å². The van der Waals surface area contributed by atoms with E-state index in [1.54, 1.807) is 18.4 Å². The molecular weight excluding hydrogens is 362 g/mol. The Bertz CT molecular complexity index is 780. The lowest BCUT2D eigenvalue weighted by atomic mass is 10.2. The molecule has 0 spiro atoms. The van der Waals surface area contributed by atoms with Gasteiger partial charge in [0.15, 0.2) is 0 Å². The Hall–Kier alpha value is -1.96. The van der Waals surface area contributed by atoms with Gasteiger partial charge in [-0.3, -0.25) is 9.69 Å². The molecule has 2 fully saturated rings. The summed E-state index contributed by atoms with van der Waals surface area (Å²) in [6.45, 7) is 4.84. The first-order valence-electron chi connectivity index (χ1n) is 9.44. The van der Waals surface area contributed by atoms with Crippen LogP contribution in [0.4, 0.5) is 0 Å². The maximum absolute atomic E-state index is 12.4. The number of amides is 1. The highest BCUT2D eigenvalue weighted by atomic mass is 32.1. The lowest BCUT2D eigenvalue weighted by Gasteiger charge is -2.35. The van der Waals surface area contributed by atoms with Gasteiger partial charge in [-0.05, 0) is 25.0 Å². The van der Waals surface area contributed by atoms with E-state index >= 15 is 0 Å². The molecule has 6 nitrogen and oxygen atoms in total. The molecule has 0 N–H and O–H groups in total. The number of hydrogen-bond acceptors (Lipinski definition) is 6. The lowest BCUT2D eigenvalue weighted by molar-refractivity contribution is -0.142. The number of methoxy groups -OCH3 is 1. The van der Waals surface area contributed by atoms with Gasteiger partial charge in [-0.1, -0.05) is 12.1 Å². The smallest absolute Gasteiger partial charge is 0.251 e. The van der Waals surface area contributed by atoms with Crippen molar-refractivity contribution in [2.75, 3.05) is 39.9 Å². The maximum atomic E-state index is 12.4. The predicted molar refractivity (Wildman–Crippen MR) is 105 cm³/mol. The molecule has 0 saturated carbocycles. The number of thiazole rings is 1.